The Morgan fingerprint density at radius 2 is 1.88 bits per heavy atom. The van der Waals surface area contributed by atoms with Gasteiger partial charge in [-0.15, -0.1) is 0 Å². The minimum absolute atomic E-state index is 0.759. The molecule has 0 saturated carbocycles. The summed E-state index contributed by atoms with van der Waals surface area (Å²) >= 11 is 0. The summed E-state index contributed by atoms with van der Waals surface area (Å²) in [6.07, 6.45) is 7.03. The molecule has 0 aromatic rings. The fourth-order valence-corrected chi connectivity index (χ4v) is 0.596. The first-order chi connectivity index (χ1) is 3.77. The summed E-state index contributed by atoms with van der Waals surface area (Å²) in [7, 11) is 0. The zero-order valence-electron chi connectivity index (χ0n) is 6.15. The minimum atomic E-state index is 0.759. The lowest BCUT2D eigenvalue weighted by Crippen LogP contribution is -1.86. The second-order valence-electron chi connectivity index (χ2n) is 2.47. The zero-order chi connectivity index (χ0) is 6.41. The van der Waals surface area contributed by atoms with Crippen LogP contribution in [-0.4, -0.2) is 0 Å². The second-order valence-corrected chi connectivity index (χ2v) is 2.47. The molecule has 8 heavy (non-hydrogen) atoms. The van der Waals surface area contributed by atoms with Gasteiger partial charge in [0, 0.05) is 0 Å². The van der Waals surface area contributed by atoms with Crippen LogP contribution in [0, 0.1) is 18.8 Å². The van der Waals surface area contributed by atoms with Crippen molar-refractivity contribution < 1.29 is 0 Å². The Balaban J connectivity index is 2.72. The van der Waals surface area contributed by atoms with Gasteiger partial charge in [-0.1, -0.05) is 27.2 Å². The Kier molecular flexibility index (Phi) is 5.14. The number of hydrogen-bond acceptors (Lipinski definition) is 0. The zero-order valence-corrected chi connectivity index (χ0v) is 6.15. The highest BCUT2D eigenvalue weighted by molar-refractivity contribution is 4.71. The van der Waals surface area contributed by atoms with Gasteiger partial charge in [0.15, 0.2) is 0 Å². The van der Waals surface area contributed by atoms with Gasteiger partial charge in [0.25, 0.3) is 0 Å². The van der Waals surface area contributed by atoms with Crippen LogP contribution in [0.25, 0.3) is 0 Å². The molecule has 0 unspecified atom stereocenters. The Morgan fingerprint density at radius 3 is 2.25 bits per heavy atom. The number of unbranched alkanes of at least 4 members (excludes halogenated alkanes) is 2. The van der Waals surface area contributed by atoms with E-state index < -0.39 is 0 Å². The molecule has 0 aromatic heterocycles. The van der Waals surface area contributed by atoms with Crippen LogP contribution in [0.3, 0.4) is 0 Å². The third kappa shape index (κ3) is 6.00. The summed E-state index contributed by atoms with van der Waals surface area (Å²) in [6.45, 7) is 6.54. The first-order valence-corrected chi connectivity index (χ1v) is 3.38. The Hall–Kier alpha value is 0. The van der Waals surface area contributed by atoms with Crippen molar-refractivity contribution >= 4 is 0 Å². The molecule has 0 amide bonds. The molecule has 0 bridgehead atoms. The maximum atomic E-state index is 2.35. The number of rotatable bonds is 4. The van der Waals surface area contributed by atoms with E-state index in [2.05, 4.69) is 33.6 Å². The highest BCUT2D eigenvalue weighted by Crippen LogP contribution is 2.04. The molecule has 0 rings (SSSR count). The van der Waals surface area contributed by atoms with E-state index in [-0.39, 0.29) is 0 Å². The van der Waals surface area contributed by atoms with E-state index in [1.807, 2.05) is 0 Å². The maximum Gasteiger partial charge on any atom is -0.0360 e. The van der Waals surface area contributed by atoms with Crippen molar-refractivity contribution in [3.05, 3.63) is 12.8 Å². The lowest BCUT2D eigenvalue weighted by molar-refractivity contribution is 0.697. The predicted octanol–water partition coefficient (Wildman–Crippen LogP) is 2.85. The summed E-state index contributed by atoms with van der Waals surface area (Å²) < 4.78 is 0. The molecule has 0 N–H and O–H groups in total. The summed E-state index contributed by atoms with van der Waals surface area (Å²) in [4.78, 5) is 0. The van der Waals surface area contributed by atoms with Gasteiger partial charge < -0.3 is 0 Å². The standard InChI is InChI=1S/C8H16/c1-4-5-6-7-8(2)3/h4,7-8H,5-6H2,1-3H3. The van der Waals surface area contributed by atoms with E-state index in [1.54, 1.807) is 0 Å². The highest BCUT2D eigenvalue weighted by atomic mass is 14.0. The monoisotopic (exact) mass is 112 g/mol. The van der Waals surface area contributed by atoms with Crippen LogP contribution >= 0.6 is 0 Å². The van der Waals surface area contributed by atoms with Gasteiger partial charge in [0.05, 0.1) is 0 Å². The fraction of sp³-hybridized carbons (Fsp3) is 0.750. The van der Waals surface area contributed by atoms with Crippen LogP contribution in [0.5, 0.6) is 0 Å². The van der Waals surface area contributed by atoms with Gasteiger partial charge in [-0.3, -0.25) is 0 Å². The quantitative estimate of drug-likeness (QED) is 0.490. The van der Waals surface area contributed by atoms with Crippen LogP contribution < -0.4 is 0 Å². The Labute approximate surface area is 53.3 Å². The fourth-order valence-electron chi connectivity index (χ4n) is 0.596. The Morgan fingerprint density at radius 1 is 1.25 bits per heavy atom. The summed E-state index contributed by atoms with van der Waals surface area (Å²) in [6, 6.07) is 0. The van der Waals surface area contributed by atoms with Crippen molar-refractivity contribution in [3.63, 3.8) is 0 Å². The summed E-state index contributed by atoms with van der Waals surface area (Å²) in [5.41, 5.74) is 0. The largest absolute Gasteiger partial charge is 0.0625 e. The molecular weight excluding hydrogens is 96.1 g/mol. The van der Waals surface area contributed by atoms with Gasteiger partial charge in [0.1, 0.15) is 0 Å². The van der Waals surface area contributed by atoms with Gasteiger partial charge in [-0.2, -0.15) is 0 Å². The van der Waals surface area contributed by atoms with Gasteiger partial charge in [-0.25, -0.2) is 0 Å². The molecule has 2 radical (unpaired) electrons. The lowest BCUT2D eigenvalue weighted by Gasteiger charge is -2.00. The first kappa shape index (κ1) is 8.00. The molecule has 0 spiro atoms. The van der Waals surface area contributed by atoms with E-state index in [9.17, 15) is 0 Å². The summed E-state index contributed by atoms with van der Waals surface area (Å²) in [5.74, 6) is 0.759. The van der Waals surface area contributed by atoms with Crippen molar-refractivity contribution in [3.8, 4) is 0 Å². The highest BCUT2D eigenvalue weighted by Gasteiger charge is 1.91. The van der Waals surface area contributed by atoms with Crippen LogP contribution in [-0.2, 0) is 0 Å². The first-order valence-electron chi connectivity index (χ1n) is 3.38. The van der Waals surface area contributed by atoms with Crippen molar-refractivity contribution in [2.75, 3.05) is 0 Å². The maximum absolute atomic E-state index is 2.35. The van der Waals surface area contributed by atoms with E-state index in [0.717, 1.165) is 5.92 Å². The van der Waals surface area contributed by atoms with Crippen LogP contribution in [0.2, 0.25) is 0 Å². The van der Waals surface area contributed by atoms with Crippen LogP contribution in [0.4, 0.5) is 0 Å². The van der Waals surface area contributed by atoms with Gasteiger partial charge >= 0.3 is 0 Å². The molecular formula is C8H16. The molecule has 0 aromatic carbocycles. The van der Waals surface area contributed by atoms with Crippen LogP contribution in [0.15, 0.2) is 0 Å². The molecule has 0 atom stereocenters. The van der Waals surface area contributed by atoms with E-state index >= 15 is 0 Å². The predicted molar refractivity (Wildman–Crippen MR) is 38.3 cm³/mol. The third-order valence-corrected chi connectivity index (χ3v) is 1.09. The number of hydrogen-bond donors (Lipinski definition) is 0. The molecule has 48 valence electrons. The van der Waals surface area contributed by atoms with Crippen molar-refractivity contribution in [1.82, 2.24) is 0 Å². The van der Waals surface area contributed by atoms with Gasteiger partial charge in [-0.05, 0) is 25.2 Å². The molecule has 0 saturated heterocycles. The average molecular weight is 112 g/mol. The van der Waals surface area contributed by atoms with E-state index in [1.165, 1.54) is 12.8 Å². The van der Waals surface area contributed by atoms with Gasteiger partial charge in [0.2, 0.25) is 0 Å². The van der Waals surface area contributed by atoms with Crippen molar-refractivity contribution in [2.45, 2.75) is 33.6 Å². The average Bonchev–Trinajstić information content (AvgIpc) is 1.66. The minimum Gasteiger partial charge on any atom is -0.0625 e. The molecule has 0 aliphatic carbocycles. The molecule has 0 aliphatic rings. The molecule has 0 heterocycles. The SMILES string of the molecule is C[CH]CC[CH]C(C)C. The van der Waals surface area contributed by atoms with Crippen molar-refractivity contribution in [1.29, 1.82) is 0 Å². The van der Waals surface area contributed by atoms with E-state index in [0.29, 0.717) is 0 Å². The smallest absolute Gasteiger partial charge is 0.0360 e. The van der Waals surface area contributed by atoms with Crippen molar-refractivity contribution in [2.24, 2.45) is 5.92 Å². The summed E-state index contributed by atoms with van der Waals surface area (Å²) in [5, 5.41) is 0. The second kappa shape index (κ2) is 5.14. The normalized spacial score (nSPS) is 10.5. The lowest BCUT2D eigenvalue weighted by atomic mass is 10.1. The topological polar surface area (TPSA) is 0 Å². The molecule has 0 aliphatic heterocycles. The van der Waals surface area contributed by atoms with Crippen LogP contribution in [0.1, 0.15) is 33.6 Å². The molecule has 0 heteroatoms. The Bertz CT molecular complexity index is 37.3. The molecule has 0 nitrogen and oxygen atoms in total. The third-order valence-electron chi connectivity index (χ3n) is 1.09. The molecule has 0 fully saturated rings. The van der Waals surface area contributed by atoms with E-state index in [4.69, 9.17) is 0 Å².